The Morgan fingerprint density at radius 2 is 0.536 bits per heavy atom. The van der Waals surface area contributed by atoms with Crippen molar-refractivity contribution in [3.05, 3.63) is 85.1 Å². The van der Waals surface area contributed by atoms with Gasteiger partial charge in [-0.1, -0.05) is 228 Å². The predicted molar refractivity (Wildman–Crippen MR) is 297 cm³/mol. The first-order valence-corrected chi connectivity index (χ1v) is 29.1. The standard InChI is InChI=1S/C63H108O6/c1-4-7-10-13-16-19-22-25-28-30-31-33-36-39-42-45-48-51-54-57-63(66)69-60(58-67-61(64)55-52-49-46-43-40-37-34-27-24-21-18-15-12-9-6-3)59-68-62(65)56-53-50-47-44-41-38-35-32-29-26-23-20-17-14-11-8-5-2/h18,21,25-29,34-35,38,40,43-44,47,60H,4-17,19-20,22-24,30-33,36-37,39,41-42,45-46,48-59H2,1-3H3/b21-18-,28-25-,29-26-,34-27-,38-35-,43-40-,47-44-/t60-/m1/s1. The van der Waals surface area contributed by atoms with Crippen LogP contribution in [-0.2, 0) is 28.6 Å². The maximum absolute atomic E-state index is 12.9. The summed E-state index contributed by atoms with van der Waals surface area (Å²) in [4.78, 5) is 38.1. The molecule has 0 bridgehead atoms. The molecule has 0 amide bonds. The van der Waals surface area contributed by atoms with Gasteiger partial charge in [0.05, 0.1) is 0 Å². The molecule has 0 rings (SSSR count). The van der Waals surface area contributed by atoms with E-state index in [-0.39, 0.29) is 37.5 Å². The van der Waals surface area contributed by atoms with E-state index in [0.29, 0.717) is 19.3 Å². The van der Waals surface area contributed by atoms with Gasteiger partial charge in [-0.15, -0.1) is 0 Å². The van der Waals surface area contributed by atoms with Gasteiger partial charge in [0, 0.05) is 19.3 Å². The second-order valence-corrected chi connectivity index (χ2v) is 19.2. The molecular weight excluding hydrogens is 853 g/mol. The molecule has 396 valence electrons. The molecule has 0 aromatic heterocycles. The third-order valence-electron chi connectivity index (χ3n) is 12.3. The molecule has 69 heavy (non-hydrogen) atoms. The van der Waals surface area contributed by atoms with Crippen molar-refractivity contribution in [2.45, 2.75) is 284 Å². The summed E-state index contributed by atoms with van der Waals surface area (Å²) in [5, 5.41) is 0. The van der Waals surface area contributed by atoms with Gasteiger partial charge in [-0.25, -0.2) is 0 Å². The first-order valence-electron chi connectivity index (χ1n) is 29.1. The molecule has 0 aliphatic carbocycles. The molecule has 0 N–H and O–H groups in total. The summed E-state index contributed by atoms with van der Waals surface area (Å²) in [7, 11) is 0. The molecule has 0 aliphatic rings. The normalized spacial score (nSPS) is 12.7. The summed E-state index contributed by atoms with van der Waals surface area (Å²) < 4.78 is 16.8. The van der Waals surface area contributed by atoms with Crippen molar-refractivity contribution in [1.29, 1.82) is 0 Å². The van der Waals surface area contributed by atoms with Crippen LogP contribution in [0.3, 0.4) is 0 Å². The zero-order chi connectivity index (χ0) is 50.0. The zero-order valence-corrected chi connectivity index (χ0v) is 45.3. The minimum absolute atomic E-state index is 0.112. The van der Waals surface area contributed by atoms with Crippen molar-refractivity contribution in [2.24, 2.45) is 0 Å². The summed E-state index contributed by atoms with van der Waals surface area (Å²) in [5.41, 5.74) is 0. The number of carbonyl (C=O) groups excluding carboxylic acids is 3. The highest BCUT2D eigenvalue weighted by Crippen LogP contribution is 2.14. The highest BCUT2D eigenvalue weighted by molar-refractivity contribution is 5.71. The van der Waals surface area contributed by atoms with Crippen LogP contribution in [0.4, 0.5) is 0 Å². The van der Waals surface area contributed by atoms with Crippen molar-refractivity contribution in [2.75, 3.05) is 13.2 Å². The average Bonchev–Trinajstić information content (AvgIpc) is 3.35. The first kappa shape index (κ1) is 65.6. The largest absolute Gasteiger partial charge is 0.462 e. The van der Waals surface area contributed by atoms with Crippen molar-refractivity contribution in [1.82, 2.24) is 0 Å². The Balaban J connectivity index is 4.50. The van der Waals surface area contributed by atoms with Crippen molar-refractivity contribution in [3.63, 3.8) is 0 Å². The second-order valence-electron chi connectivity index (χ2n) is 19.2. The van der Waals surface area contributed by atoms with Gasteiger partial charge in [-0.2, -0.15) is 0 Å². The molecule has 0 aromatic rings. The maximum Gasteiger partial charge on any atom is 0.306 e. The predicted octanol–water partition coefficient (Wildman–Crippen LogP) is 19.5. The van der Waals surface area contributed by atoms with E-state index in [2.05, 4.69) is 106 Å². The molecule has 0 fully saturated rings. The van der Waals surface area contributed by atoms with Gasteiger partial charge in [0.1, 0.15) is 13.2 Å². The van der Waals surface area contributed by atoms with Crippen LogP contribution in [0.25, 0.3) is 0 Å². The van der Waals surface area contributed by atoms with Crippen LogP contribution >= 0.6 is 0 Å². The molecule has 6 heteroatoms. The van der Waals surface area contributed by atoms with E-state index in [1.54, 1.807) is 0 Å². The Morgan fingerprint density at radius 1 is 0.290 bits per heavy atom. The zero-order valence-electron chi connectivity index (χ0n) is 45.3. The molecule has 0 saturated carbocycles. The van der Waals surface area contributed by atoms with Crippen LogP contribution in [0.5, 0.6) is 0 Å². The number of esters is 3. The molecule has 0 aliphatic heterocycles. The van der Waals surface area contributed by atoms with Gasteiger partial charge in [0.2, 0.25) is 0 Å². The van der Waals surface area contributed by atoms with Crippen LogP contribution in [0, 0.1) is 0 Å². The molecule has 0 aromatic carbocycles. The Bertz CT molecular complexity index is 1330. The number of rotatable bonds is 52. The number of carbonyl (C=O) groups is 3. The number of ether oxygens (including phenoxy) is 3. The molecule has 6 nitrogen and oxygen atoms in total. The molecular formula is C63H108O6. The minimum Gasteiger partial charge on any atom is -0.462 e. The Morgan fingerprint density at radius 3 is 0.942 bits per heavy atom. The molecule has 0 unspecified atom stereocenters. The van der Waals surface area contributed by atoms with Crippen molar-refractivity contribution >= 4 is 17.9 Å². The fourth-order valence-corrected chi connectivity index (χ4v) is 7.93. The summed E-state index contributed by atoms with van der Waals surface area (Å²) in [6, 6.07) is 0. The summed E-state index contributed by atoms with van der Waals surface area (Å²) in [5.74, 6) is -0.997. The van der Waals surface area contributed by atoms with Crippen LogP contribution in [-0.4, -0.2) is 37.2 Å². The Labute approximate surface area is 426 Å². The smallest absolute Gasteiger partial charge is 0.306 e. The molecule has 1 atom stereocenters. The van der Waals surface area contributed by atoms with Gasteiger partial charge < -0.3 is 14.2 Å². The lowest BCUT2D eigenvalue weighted by atomic mass is 10.1. The lowest BCUT2D eigenvalue weighted by molar-refractivity contribution is -0.167. The fraction of sp³-hybridized carbons (Fsp3) is 0.730. The molecule has 0 radical (unpaired) electrons. The van der Waals surface area contributed by atoms with E-state index >= 15 is 0 Å². The van der Waals surface area contributed by atoms with E-state index in [9.17, 15) is 14.4 Å². The lowest BCUT2D eigenvalue weighted by Gasteiger charge is -2.18. The number of unbranched alkanes of at least 4 members (excludes halogenated alkanes) is 27. The van der Waals surface area contributed by atoms with Gasteiger partial charge in [-0.3, -0.25) is 14.4 Å². The van der Waals surface area contributed by atoms with E-state index in [1.807, 2.05) is 0 Å². The maximum atomic E-state index is 12.9. The third-order valence-corrected chi connectivity index (χ3v) is 12.3. The van der Waals surface area contributed by atoms with Gasteiger partial charge >= 0.3 is 17.9 Å². The average molecular weight is 962 g/mol. The Hall–Kier alpha value is -3.41. The molecule has 0 heterocycles. The molecule has 0 spiro atoms. The molecule has 0 saturated heterocycles. The van der Waals surface area contributed by atoms with E-state index in [1.165, 1.54) is 161 Å². The van der Waals surface area contributed by atoms with Gasteiger partial charge in [0.25, 0.3) is 0 Å². The quantitative estimate of drug-likeness (QED) is 0.0262. The highest BCUT2D eigenvalue weighted by Gasteiger charge is 2.19. The number of allylic oxidation sites excluding steroid dienone is 14. The van der Waals surface area contributed by atoms with E-state index < -0.39 is 6.10 Å². The Kier molecular flexibility index (Phi) is 54.3. The number of hydrogen-bond donors (Lipinski definition) is 0. The minimum atomic E-state index is -0.814. The van der Waals surface area contributed by atoms with Crippen LogP contribution in [0.15, 0.2) is 85.1 Å². The summed E-state index contributed by atoms with van der Waals surface area (Å²) in [6.07, 6.45) is 74.4. The van der Waals surface area contributed by atoms with Crippen LogP contribution < -0.4 is 0 Å². The van der Waals surface area contributed by atoms with Crippen molar-refractivity contribution in [3.8, 4) is 0 Å². The summed E-state index contributed by atoms with van der Waals surface area (Å²) in [6.45, 7) is 6.53. The monoisotopic (exact) mass is 961 g/mol. The van der Waals surface area contributed by atoms with Gasteiger partial charge in [-0.05, 0) is 116 Å². The highest BCUT2D eigenvalue weighted by atomic mass is 16.6. The first-order chi connectivity index (χ1) is 34.0. The van der Waals surface area contributed by atoms with Gasteiger partial charge in [0.15, 0.2) is 6.10 Å². The fourth-order valence-electron chi connectivity index (χ4n) is 7.93. The topological polar surface area (TPSA) is 78.9 Å². The van der Waals surface area contributed by atoms with E-state index in [0.717, 1.165) is 70.6 Å². The SMILES string of the molecule is CCCCC/C=C\C/C=C\C/C=C\CCCCC(=O)OC[C@H](COC(=O)CCC/C=C\C/C=C\C/C=C\CCCCCCCC)OC(=O)CCCCCCCCCCC/C=C\CCCCCCCC. The van der Waals surface area contributed by atoms with Crippen LogP contribution in [0.1, 0.15) is 278 Å². The second kappa shape index (κ2) is 57.2. The third kappa shape index (κ3) is 55.4. The summed E-state index contributed by atoms with van der Waals surface area (Å²) >= 11 is 0. The number of hydrogen-bond acceptors (Lipinski definition) is 6. The van der Waals surface area contributed by atoms with E-state index in [4.69, 9.17) is 14.2 Å². The van der Waals surface area contributed by atoms with Crippen LogP contribution in [0.2, 0.25) is 0 Å². The lowest BCUT2D eigenvalue weighted by Crippen LogP contribution is -2.30. The van der Waals surface area contributed by atoms with Crippen molar-refractivity contribution < 1.29 is 28.6 Å².